The molecule has 0 aliphatic carbocycles. The van der Waals surface area contributed by atoms with Crippen molar-refractivity contribution < 1.29 is 4.79 Å². The van der Waals surface area contributed by atoms with Crippen molar-refractivity contribution in [2.45, 2.75) is 25.7 Å². The quantitative estimate of drug-likeness (QED) is 0.691. The van der Waals surface area contributed by atoms with Gasteiger partial charge in [0.2, 0.25) is 0 Å². The molecule has 0 radical (unpaired) electrons. The highest BCUT2D eigenvalue weighted by Gasteiger charge is 2.23. The average molecular weight is 395 g/mol. The molecule has 4 rings (SSSR count). The van der Waals surface area contributed by atoms with Crippen molar-refractivity contribution in [1.29, 1.82) is 0 Å². The lowest BCUT2D eigenvalue weighted by atomic mass is 9.91. The first kappa shape index (κ1) is 18.8. The van der Waals surface area contributed by atoms with Crippen LogP contribution in [0.4, 0.5) is 0 Å². The number of carbonyl (C=O) groups excluding carboxylic acids is 1. The molecule has 6 heteroatoms. The van der Waals surface area contributed by atoms with Gasteiger partial charge in [-0.15, -0.1) is 0 Å². The Kier molecular flexibility index (Phi) is 5.29. The number of amides is 1. The summed E-state index contributed by atoms with van der Waals surface area (Å²) in [5.74, 6) is 0.465. The Balaban J connectivity index is 1.75. The minimum Gasteiger partial charge on any atom is -0.366 e. The standard InChI is InChI=1S/C22H23ClN4O/c1-14-25-20(18-4-2-5-19(22(24)28)21(18)26-14)12-16(13-27-10-3-11-27)15-6-8-17(23)9-7-15/h2,4-9,16H,3,10-13H2,1H3,(H2,24,28)/t16-/m1/s1. The number of para-hydroxylation sites is 1. The van der Waals surface area contributed by atoms with Crippen molar-refractivity contribution in [2.75, 3.05) is 19.6 Å². The molecule has 28 heavy (non-hydrogen) atoms. The molecule has 1 fully saturated rings. The smallest absolute Gasteiger partial charge is 0.250 e. The summed E-state index contributed by atoms with van der Waals surface area (Å²) in [7, 11) is 0. The molecule has 1 aromatic heterocycles. The number of hydrogen-bond acceptors (Lipinski definition) is 4. The van der Waals surface area contributed by atoms with E-state index in [4.69, 9.17) is 22.3 Å². The van der Waals surface area contributed by atoms with Gasteiger partial charge in [-0.1, -0.05) is 35.9 Å². The summed E-state index contributed by atoms with van der Waals surface area (Å²) >= 11 is 6.09. The normalized spacial score (nSPS) is 15.4. The number of aromatic nitrogens is 2. The fourth-order valence-corrected chi connectivity index (χ4v) is 3.95. The third kappa shape index (κ3) is 3.86. The number of hydrogen-bond donors (Lipinski definition) is 1. The summed E-state index contributed by atoms with van der Waals surface area (Å²) in [6.07, 6.45) is 2.02. The molecule has 0 bridgehead atoms. The first-order valence-electron chi connectivity index (χ1n) is 9.55. The molecule has 0 spiro atoms. The largest absolute Gasteiger partial charge is 0.366 e. The Morgan fingerprint density at radius 2 is 1.93 bits per heavy atom. The minimum atomic E-state index is -0.468. The SMILES string of the molecule is Cc1nc(C[C@H](CN2CCC2)c2ccc(Cl)cc2)c2cccc(C(N)=O)c2n1. The van der Waals surface area contributed by atoms with Gasteiger partial charge in [-0.25, -0.2) is 9.97 Å². The van der Waals surface area contributed by atoms with Gasteiger partial charge >= 0.3 is 0 Å². The molecule has 1 aliphatic heterocycles. The Morgan fingerprint density at radius 1 is 1.18 bits per heavy atom. The van der Waals surface area contributed by atoms with E-state index in [1.807, 2.05) is 31.2 Å². The Labute approximate surface area is 169 Å². The molecule has 0 saturated carbocycles. The van der Waals surface area contributed by atoms with Crippen molar-refractivity contribution in [1.82, 2.24) is 14.9 Å². The van der Waals surface area contributed by atoms with Crippen LogP contribution in [0.1, 0.15) is 39.8 Å². The van der Waals surface area contributed by atoms with Gasteiger partial charge < -0.3 is 10.6 Å². The van der Waals surface area contributed by atoms with Gasteiger partial charge in [-0.2, -0.15) is 0 Å². The molecule has 1 saturated heterocycles. The highest BCUT2D eigenvalue weighted by molar-refractivity contribution is 6.30. The van der Waals surface area contributed by atoms with Gasteiger partial charge in [0.25, 0.3) is 5.91 Å². The number of carbonyl (C=O) groups is 1. The van der Waals surface area contributed by atoms with Gasteiger partial charge in [0, 0.05) is 22.9 Å². The number of likely N-dealkylation sites (tertiary alicyclic amines) is 1. The van der Waals surface area contributed by atoms with Crippen molar-refractivity contribution in [3.8, 4) is 0 Å². The van der Waals surface area contributed by atoms with Crippen molar-refractivity contribution in [3.63, 3.8) is 0 Å². The lowest BCUT2D eigenvalue weighted by Gasteiger charge is -2.34. The van der Waals surface area contributed by atoms with E-state index in [1.165, 1.54) is 12.0 Å². The van der Waals surface area contributed by atoms with Gasteiger partial charge in [0.05, 0.1) is 16.8 Å². The van der Waals surface area contributed by atoms with Crippen LogP contribution in [0.15, 0.2) is 42.5 Å². The minimum absolute atomic E-state index is 0.285. The first-order valence-corrected chi connectivity index (χ1v) is 9.93. The number of nitrogens with zero attached hydrogens (tertiary/aromatic N) is 3. The third-order valence-electron chi connectivity index (χ3n) is 5.39. The van der Waals surface area contributed by atoms with E-state index in [1.54, 1.807) is 6.07 Å². The first-order chi connectivity index (χ1) is 13.5. The second kappa shape index (κ2) is 7.86. The fourth-order valence-electron chi connectivity index (χ4n) is 3.83. The average Bonchev–Trinajstić information content (AvgIpc) is 2.63. The maximum atomic E-state index is 11.8. The zero-order valence-corrected chi connectivity index (χ0v) is 16.6. The Bertz CT molecular complexity index is 1010. The number of rotatable bonds is 6. The topological polar surface area (TPSA) is 72.1 Å². The van der Waals surface area contributed by atoms with Gasteiger partial charge in [0.1, 0.15) is 5.82 Å². The number of fused-ring (bicyclic) bond motifs is 1. The Morgan fingerprint density at radius 3 is 2.57 bits per heavy atom. The van der Waals surface area contributed by atoms with Crippen molar-refractivity contribution >= 4 is 28.4 Å². The highest BCUT2D eigenvalue weighted by atomic mass is 35.5. The maximum absolute atomic E-state index is 11.8. The van der Waals surface area contributed by atoms with Crippen LogP contribution in [0.5, 0.6) is 0 Å². The van der Waals surface area contributed by atoms with E-state index < -0.39 is 5.91 Å². The highest BCUT2D eigenvalue weighted by Crippen LogP contribution is 2.28. The zero-order chi connectivity index (χ0) is 19.7. The van der Waals surface area contributed by atoms with Crippen LogP contribution in [0, 0.1) is 6.92 Å². The lowest BCUT2D eigenvalue weighted by Crippen LogP contribution is -2.40. The van der Waals surface area contributed by atoms with E-state index >= 15 is 0 Å². The monoisotopic (exact) mass is 394 g/mol. The van der Waals surface area contributed by atoms with Gasteiger partial charge in [-0.05, 0) is 56.6 Å². The van der Waals surface area contributed by atoms with Crippen LogP contribution < -0.4 is 5.73 Å². The van der Waals surface area contributed by atoms with E-state index in [-0.39, 0.29) is 5.92 Å². The van der Waals surface area contributed by atoms with Crippen LogP contribution >= 0.6 is 11.6 Å². The molecular weight excluding hydrogens is 372 g/mol. The van der Waals surface area contributed by atoms with Gasteiger partial charge in [-0.3, -0.25) is 4.79 Å². The number of primary amides is 1. The van der Waals surface area contributed by atoms with Crippen molar-refractivity contribution in [2.24, 2.45) is 5.73 Å². The molecular formula is C22H23ClN4O. The summed E-state index contributed by atoms with van der Waals surface area (Å²) in [6.45, 7) is 5.11. The molecule has 1 amide bonds. The van der Waals surface area contributed by atoms with Crippen LogP contribution in [-0.4, -0.2) is 40.4 Å². The van der Waals surface area contributed by atoms with E-state index in [2.05, 4.69) is 22.0 Å². The maximum Gasteiger partial charge on any atom is 0.250 e. The summed E-state index contributed by atoms with van der Waals surface area (Å²) < 4.78 is 0. The summed E-state index contributed by atoms with van der Waals surface area (Å²) in [6, 6.07) is 13.6. The van der Waals surface area contributed by atoms with Crippen LogP contribution in [-0.2, 0) is 6.42 Å². The predicted molar refractivity (Wildman–Crippen MR) is 112 cm³/mol. The van der Waals surface area contributed by atoms with Crippen molar-refractivity contribution in [3.05, 3.63) is 70.1 Å². The van der Waals surface area contributed by atoms with Crippen LogP contribution in [0.2, 0.25) is 5.02 Å². The van der Waals surface area contributed by atoms with Gasteiger partial charge in [0.15, 0.2) is 0 Å². The van der Waals surface area contributed by atoms with Crippen LogP contribution in [0.25, 0.3) is 10.9 Å². The molecule has 2 N–H and O–H groups in total. The molecule has 5 nitrogen and oxygen atoms in total. The molecule has 2 aromatic carbocycles. The zero-order valence-electron chi connectivity index (χ0n) is 15.9. The van der Waals surface area contributed by atoms with Crippen LogP contribution in [0.3, 0.4) is 0 Å². The molecule has 1 atom stereocenters. The number of aryl methyl sites for hydroxylation is 1. The van der Waals surface area contributed by atoms with E-state index in [0.717, 1.165) is 42.2 Å². The third-order valence-corrected chi connectivity index (χ3v) is 5.64. The second-order valence-corrected chi connectivity index (χ2v) is 7.83. The second-order valence-electron chi connectivity index (χ2n) is 7.39. The number of benzene rings is 2. The summed E-state index contributed by atoms with van der Waals surface area (Å²) in [4.78, 5) is 23.5. The molecule has 2 heterocycles. The summed E-state index contributed by atoms with van der Waals surface area (Å²) in [5, 5.41) is 1.63. The van der Waals surface area contributed by atoms with E-state index in [0.29, 0.717) is 16.9 Å². The number of halogens is 1. The lowest BCUT2D eigenvalue weighted by molar-refractivity contribution is 0.100. The molecule has 3 aromatic rings. The summed E-state index contributed by atoms with van der Waals surface area (Å²) in [5.41, 5.74) is 8.83. The molecule has 0 unspecified atom stereocenters. The molecule has 1 aliphatic rings. The predicted octanol–water partition coefficient (Wildman–Crippen LogP) is 3.72. The Hall–Kier alpha value is -2.50. The van der Waals surface area contributed by atoms with E-state index in [9.17, 15) is 4.79 Å². The molecule has 144 valence electrons. The number of nitrogens with two attached hydrogens (primary N) is 1. The fraction of sp³-hybridized carbons (Fsp3) is 0.318.